The molecule has 0 aromatic rings. The summed E-state index contributed by atoms with van der Waals surface area (Å²) in [5, 5.41) is 6.38. The van der Waals surface area contributed by atoms with Crippen LogP contribution in [0, 0.1) is 5.41 Å². The number of amides is 1. The summed E-state index contributed by atoms with van der Waals surface area (Å²) in [6.07, 6.45) is 3.55. The summed E-state index contributed by atoms with van der Waals surface area (Å²) in [7, 11) is 3.64. The molecule has 6 nitrogen and oxygen atoms in total. The van der Waals surface area contributed by atoms with Crippen molar-refractivity contribution in [2.75, 3.05) is 40.4 Å². The minimum absolute atomic E-state index is 0.000399. The maximum absolute atomic E-state index is 12.0. The molecule has 0 radical (unpaired) electrons. The van der Waals surface area contributed by atoms with Gasteiger partial charge in [-0.2, -0.15) is 0 Å². The molecular formula is C17H34N4O2. The van der Waals surface area contributed by atoms with E-state index in [9.17, 15) is 4.79 Å². The first-order valence-corrected chi connectivity index (χ1v) is 8.52. The van der Waals surface area contributed by atoms with E-state index in [0.29, 0.717) is 12.0 Å². The molecular weight excluding hydrogens is 292 g/mol. The number of carbonyl (C=O) groups excluding carboxylic acids is 1. The number of nitrogens with zero attached hydrogens (tertiary/aromatic N) is 2. The van der Waals surface area contributed by atoms with Gasteiger partial charge in [0.1, 0.15) is 0 Å². The number of aliphatic imine (C=N–C) groups is 1. The van der Waals surface area contributed by atoms with Gasteiger partial charge in [0.05, 0.1) is 6.54 Å². The molecule has 23 heavy (non-hydrogen) atoms. The summed E-state index contributed by atoms with van der Waals surface area (Å²) in [4.78, 5) is 18.2. The summed E-state index contributed by atoms with van der Waals surface area (Å²) in [5.41, 5.74) is 0.131. The second-order valence-corrected chi connectivity index (χ2v) is 7.50. The maximum atomic E-state index is 12.0. The number of ether oxygens (including phenoxy) is 1. The van der Waals surface area contributed by atoms with E-state index in [-0.39, 0.29) is 11.4 Å². The summed E-state index contributed by atoms with van der Waals surface area (Å²) >= 11 is 0. The van der Waals surface area contributed by atoms with Gasteiger partial charge in [-0.25, -0.2) is 0 Å². The van der Waals surface area contributed by atoms with Crippen LogP contribution >= 0.6 is 0 Å². The lowest BCUT2D eigenvalue weighted by Crippen LogP contribution is -2.49. The zero-order chi connectivity index (χ0) is 17.5. The molecule has 2 N–H and O–H groups in total. The fourth-order valence-corrected chi connectivity index (χ4v) is 2.52. The van der Waals surface area contributed by atoms with Crippen LogP contribution in [0.5, 0.6) is 0 Å². The molecule has 1 aliphatic rings. The van der Waals surface area contributed by atoms with Gasteiger partial charge < -0.3 is 20.3 Å². The highest BCUT2D eigenvalue weighted by molar-refractivity contribution is 5.86. The van der Waals surface area contributed by atoms with Crippen molar-refractivity contribution < 1.29 is 9.53 Å². The van der Waals surface area contributed by atoms with Crippen molar-refractivity contribution >= 4 is 11.9 Å². The summed E-state index contributed by atoms with van der Waals surface area (Å²) in [6.45, 7) is 10.7. The van der Waals surface area contributed by atoms with Crippen LogP contribution in [0.15, 0.2) is 4.99 Å². The highest BCUT2D eigenvalue weighted by Crippen LogP contribution is 2.48. The van der Waals surface area contributed by atoms with E-state index in [1.165, 1.54) is 12.8 Å². The van der Waals surface area contributed by atoms with Crippen LogP contribution < -0.4 is 10.6 Å². The first-order chi connectivity index (χ1) is 10.7. The number of guanidine groups is 1. The Morgan fingerprint density at radius 2 is 2.00 bits per heavy atom. The van der Waals surface area contributed by atoms with Crippen molar-refractivity contribution in [2.45, 2.75) is 52.5 Å². The van der Waals surface area contributed by atoms with Crippen molar-refractivity contribution in [2.24, 2.45) is 10.4 Å². The lowest BCUT2D eigenvalue weighted by molar-refractivity contribution is -0.122. The minimum Gasteiger partial charge on any atom is -0.382 e. The van der Waals surface area contributed by atoms with Crippen molar-refractivity contribution in [1.82, 2.24) is 15.5 Å². The molecule has 1 aliphatic carbocycles. The third-order valence-corrected chi connectivity index (χ3v) is 4.03. The van der Waals surface area contributed by atoms with E-state index >= 15 is 0 Å². The zero-order valence-electron chi connectivity index (χ0n) is 15.7. The van der Waals surface area contributed by atoms with Gasteiger partial charge in [-0.3, -0.25) is 9.79 Å². The monoisotopic (exact) mass is 326 g/mol. The third-order valence-electron chi connectivity index (χ3n) is 4.03. The van der Waals surface area contributed by atoms with Crippen LogP contribution in [0.1, 0.15) is 47.0 Å². The molecule has 0 saturated heterocycles. The predicted octanol–water partition coefficient (Wildman–Crippen LogP) is 1.62. The number of likely N-dealkylation sites (N-methyl/N-ethyl adjacent to an activating group) is 1. The van der Waals surface area contributed by atoms with E-state index in [0.717, 1.165) is 32.1 Å². The van der Waals surface area contributed by atoms with Gasteiger partial charge in [-0.15, -0.1) is 0 Å². The molecule has 1 fully saturated rings. The number of hydrogen-bond donors (Lipinski definition) is 2. The van der Waals surface area contributed by atoms with E-state index in [1.54, 1.807) is 7.05 Å². The molecule has 0 heterocycles. The topological polar surface area (TPSA) is 66.0 Å². The fourth-order valence-electron chi connectivity index (χ4n) is 2.52. The lowest BCUT2D eigenvalue weighted by Gasteiger charge is -2.26. The highest BCUT2D eigenvalue weighted by Gasteiger charge is 2.42. The standard InChI is InChI=1S/C17H34N4O2/c1-7-23-11-10-17(8-9-17)13-19-15(18-5)21(6)12-14(22)20-16(2,3)4/h7-13H2,1-6H3,(H,18,19)(H,20,22). The lowest BCUT2D eigenvalue weighted by atomic mass is 10.0. The average Bonchev–Trinajstić information content (AvgIpc) is 3.17. The van der Waals surface area contributed by atoms with Gasteiger partial charge >= 0.3 is 0 Å². The van der Waals surface area contributed by atoms with E-state index in [2.05, 4.69) is 15.6 Å². The molecule has 6 heteroatoms. The number of carbonyl (C=O) groups is 1. The van der Waals surface area contributed by atoms with Crippen LogP contribution in [-0.4, -0.2) is 62.7 Å². The largest absolute Gasteiger partial charge is 0.382 e. The number of nitrogens with one attached hydrogen (secondary N) is 2. The Labute approximate surface area is 141 Å². The van der Waals surface area contributed by atoms with Crippen LogP contribution in [0.25, 0.3) is 0 Å². The van der Waals surface area contributed by atoms with Gasteiger partial charge in [0.15, 0.2) is 5.96 Å². The first-order valence-electron chi connectivity index (χ1n) is 8.52. The van der Waals surface area contributed by atoms with Gasteiger partial charge in [0, 0.05) is 39.4 Å². The van der Waals surface area contributed by atoms with Crippen molar-refractivity contribution in [3.05, 3.63) is 0 Å². The molecule has 1 rings (SSSR count). The van der Waals surface area contributed by atoms with Gasteiger partial charge in [0.2, 0.25) is 5.91 Å². The second kappa shape index (κ2) is 8.52. The fraction of sp³-hybridized carbons (Fsp3) is 0.882. The quantitative estimate of drug-likeness (QED) is 0.404. The molecule has 1 amide bonds. The number of hydrogen-bond acceptors (Lipinski definition) is 3. The van der Waals surface area contributed by atoms with Gasteiger partial charge in [-0.05, 0) is 52.4 Å². The third kappa shape index (κ3) is 7.68. The molecule has 0 bridgehead atoms. The molecule has 0 aromatic carbocycles. The first kappa shape index (κ1) is 19.7. The summed E-state index contributed by atoms with van der Waals surface area (Å²) < 4.78 is 5.47. The van der Waals surface area contributed by atoms with Crippen molar-refractivity contribution in [1.29, 1.82) is 0 Å². The van der Waals surface area contributed by atoms with E-state index < -0.39 is 0 Å². The maximum Gasteiger partial charge on any atom is 0.240 e. The molecule has 134 valence electrons. The van der Waals surface area contributed by atoms with E-state index in [1.807, 2.05) is 39.6 Å². The zero-order valence-corrected chi connectivity index (χ0v) is 15.7. The van der Waals surface area contributed by atoms with Gasteiger partial charge in [0.25, 0.3) is 0 Å². The van der Waals surface area contributed by atoms with Crippen LogP contribution in [0.3, 0.4) is 0 Å². The molecule has 1 saturated carbocycles. The highest BCUT2D eigenvalue weighted by atomic mass is 16.5. The molecule has 0 spiro atoms. The Kier molecular flexibility index (Phi) is 7.32. The second-order valence-electron chi connectivity index (χ2n) is 7.50. The Hall–Kier alpha value is -1.30. The van der Waals surface area contributed by atoms with E-state index in [4.69, 9.17) is 4.74 Å². The normalized spacial score (nSPS) is 16.9. The molecule has 0 atom stereocenters. The Balaban J connectivity index is 2.40. The Morgan fingerprint density at radius 3 is 2.48 bits per heavy atom. The average molecular weight is 326 g/mol. The van der Waals surface area contributed by atoms with Crippen LogP contribution in [0.2, 0.25) is 0 Å². The van der Waals surface area contributed by atoms with Crippen LogP contribution in [-0.2, 0) is 9.53 Å². The van der Waals surface area contributed by atoms with Crippen molar-refractivity contribution in [3.63, 3.8) is 0 Å². The minimum atomic E-state index is -0.216. The Morgan fingerprint density at radius 1 is 1.35 bits per heavy atom. The molecule has 0 unspecified atom stereocenters. The number of rotatable bonds is 8. The Bertz CT molecular complexity index is 411. The predicted molar refractivity (Wildman–Crippen MR) is 94.7 cm³/mol. The van der Waals surface area contributed by atoms with Gasteiger partial charge in [-0.1, -0.05) is 0 Å². The molecule has 0 aromatic heterocycles. The van der Waals surface area contributed by atoms with Crippen LogP contribution in [0.4, 0.5) is 0 Å². The van der Waals surface area contributed by atoms with Crippen molar-refractivity contribution in [3.8, 4) is 0 Å². The SMILES string of the molecule is CCOCCC1(CNC(=NC)N(C)CC(=O)NC(C)(C)C)CC1. The summed E-state index contributed by atoms with van der Waals surface area (Å²) in [5.74, 6) is 0.761. The molecule has 0 aliphatic heterocycles. The smallest absolute Gasteiger partial charge is 0.240 e. The summed E-state index contributed by atoms with van der Waals surface area (Å²) in [6, 6.07) is 0.